The van der Waals surface area contributed by atoms with E-state index in [1.165, 1.54) is 0 Å². The number of halogens is 1. The van der Waals surface area contributed by atoms with E-state index < -0.39 is 19.6 Å². The Kier molecular flexibility index (Phi) is 4.68. The number of pyridine rings is 1. The van der Waals surface area contributed by atoms with E-state index >= 15 is 0 Å². The van der Waals surface area contributed by atoms with Crippen molar-refractivity contribution in [2.45, 2.75) is 46.0 Å². The lowest BCUT2D eigenvalue weighted by atomic mass is 10.2. The molecule has 0 fully saturated rings. The third kappa shape index (κ3) is 4.42. The minimum atomic E-state index is -1.48. The first kappa shape index (κ1) is 17.7. The van der Waals surface area contributed by atoms with Gasteiger partial charge in [-0.05, 0) is 39.0 Å². The molecule has 2 aromatic rings. The fourth-order valence-corrected chi connectivity index (χ4v) is 3.10. The van der Waals surface area contributed by atoms with Gasteiger partial charge in [-0.1, -0.05) is 31.2 Å². The van der Waals surface area contributed by atoms with Gasteiger partial charge in [-0.15, -0.1) is 0 Å². The van der Waals surface area contributed by atoms with Crippen molar-refractivity contribution < 1.29 is 9.53 Å². The summed E-state index contributed by atoms with van der Waals surface area (Å²) in [6, 6.07) is 5.34. The largest absolute Gasteiger partial charge is 0.456 e. The number of hydrogen-bond acceptors (Lipinski definition) is 4. The van der Waals surface area contributed by atoms with E-state index in [0.717, 1.165) is 5.32 Å². The summed E-state index contributed by atoms with van der Waals surface area (Å²) in [5.41, 5.74) is -0.323. The van der Waals surface area contributed by atoms with Gasteiger partial charge in [0.05, 0.1) is 5.56 Å². The third-order valence-electron chi connectivity index (χ3n) is 3.05. The lowest BCUT2D eigenvalue weighted by molar-refractivity contribution is 0.00693. The Morgan fingerprint density at radius 2 is 1.87 bits per heavy atom. The van der Waals surface area contributed by atoms with Crippen LogP contribution in [-0.2, 0) is 4.74 Å². The van der Waals surface area contributed by atoms with Gasteiger partial charge in [-0.3, -0.25) is 0 Å². The maximum atomic E-state index is 12.1. The zero-order valence-corrected chi connectivity index (χ0v) is 16.1. The normalized spacial score (nSPS) is 12.3. The molecule has 124 valence electrons. The van der Waals surface area contributed by atoms with Gasteiger partial charge in [-0.25, -0.2) is 14.5 Å². The van der Waals surface area contributed by atoms with Gasteiger partial charge in [0.15, 0.2) is 5.82 Å². The van der Waals surface area contributed by atoms with E-state index in [1.807, 2.05) is 33.0 Å². The zero-order chi connectivity index (χ0) is 17.4. The Balaban J connectivity index is 2.29. The minimum absolute atomic E-state index is 0.113. The number of nitrogens with zero attached hydrogens (tertiary/aromatic N) is 3. The van der Waals surface area contributed by atoms with Crippen LogP contribution in [0.1, 0.15) is 31.1 Å². The number of esters is 1. The Hall–Kier alpha value is -1.66. The Bertz CT molecular complexity index is 730. The molecular formula is C16H22ClN3O2Si. The summed E-state index contributed by atoms with van der Waals surface area (Å²) >= 11 is 6.16. The molecule has 0 bridgehead atoms. The predicted molar refractivity (Wildman–Crippen MR) is 94.5 cm³/mol. The minimum Gasteiger partial charge on any atom is -0.456 e. The molecule has 2 aromatic heterocycles. The summed E-state index contributed by atoms with van der Waals surface area (Å²) in [5, 5.41) is 5.77. The predicted octanol–water partition coefficient (Wildman–Crippen LogP) is 3.42. The highest BCUT2D eigenvalue weighted by molar-refractivity contribution is 6.88. The van der Waals surface area contributed by atoms with E-state index in [9.17, 15) is 4.79 Å². The van der Waals surface area contributed by atoms with Crippen LogP contribution in [0.2, 0.25) is 24.8 Å². The highest BCUT2D eigenvalue weighted by atomic mass is 35.5. The average Bonchev–Trinajstić information content (AvgIpc) is 2.85. The molecule has 0 amide bonds. The van der Waals surface area contributed by atoms with Gasteiger partial charge in [0.25, 0.3) is 0 Å². The van der Waals surface area contributed by atoms with E-state index in [0.29, 0.717) is 5.82 Å². The van der Waals surface area contributed by atoms with Crippen molar-refractivity contribution in [3.8, 4) is 5.82 Å². The maximum Gasteiger partial charge on any atom is 0.341 e. The van der Waals surface area contributed by atoms with E-state index in [4.69, 9.17) is 16.3 Å². The van der Waals surface area contributed by atoms with Crippen LogP contribution in [0.4, 0.5) is 0 Å². The Labute approximate surface area is 142 Å². The number of ether oxygens (including phenoxy) is 1. The van der Waals surface area contributed by atoms with Crippen molar-refractivity contribution >= 4 is 31.0 Å². The molecular weight excluding hydrogens is 330 g/mol. The molecule has 0 unspecified atom stereocenters. The maximum absolute atomic E-state index is 12.1. The van der Waals surface area contributed by atoms with Crippen LogP contribution >= 0.6 is 11.6 Å². The molecule has 0 aliphatic carbocycles. The molecule has 0 saturated carbocycles. The smallest absolute Gasteiger partial charge is 0.341 e. The van der Waals surface area contributed by atoms with Crippen molar-refractivity contribution in [3.63, 3.8) is 0 Å². The molecule has 5 nitrogen and oxygen atoms in total. The molecule has 0 radical (unpaired) electrons. The lowest BCUT2D eigenvalue weighted by Crippen LogP contribution is -2.39. The molecule has 0 atom stereocenters. The molecule has 2 heterocycles. The van der Waals surface area contributed by atoms with Gasteiger partial charge >= 0.3 is 5.97 Å². The second-order valence-corrected chi connectivity index (χ2v) is 12.8. The molecule has 0 aromatic carbocycles. The van der Waals surface area contributed by atoms with Crippen LogP contribution < -0.4 is 5.32 Å². The molecule has 0 saturated heterocycles. The second-order valence-electron chi connectivity index (χ2n) is 7.41. The summed E-state index contributed by atoms with van der Waals surface area (Å²) in [4.78, 5) is 16.4. The van der Waals surface area contributed by atoms with Crippen molar-refractivity contribution in [1.82, 2.24) is 14.8 Å². The van der Waals surface area contributed by atoms with Gasteiger partial charge in [-0.2, -0.15) is 5.10 Å². The van der Waals surface area contributed by atoms with Gasteiger partial charge < -0.3 is 4.74 Å². The van der Waals surface area contributed by atoms with Crippen molar-refractivity contribution in [1.29, 1.82) is 0 Å². The van der Waals surface area contributed by atoms with Gasteiger partial charge in [0, 0.05) is 11.5 Å². The zero-order valence-electron chi connectivity index (χ0n) is 14.3. The molecule has 0 spiro atoms. The monoisotopic (exact) mass is 351 g/mol. The summed E-state index contributed by atoms with van der Waals surface area (Å²) in [7, 11) is -1.48. The van der Waals surface area contributed by atoms with E-state index in [2.05, 4.69) is 29.7 Å². The second kappa shape index (κ2) is 6.09. The van der Waals surface area contributed by atoms with Crippen LogP contribution in [-0.4, -0.2) is 34.4 Å². The number of carbonyl (C=O) groups excluding carboxylic acids is 1. The van der Waals surface area contributed by atoms with Gasteiger partial charge in [0.2, 0.25) is 0 Å². The van der Waals surface area contributed by atoms with Crippen LogP contribution in [0.15, 0.2) is 24.4 Å². The average molecular weight is 352 g/mol. The van der Waals surface area contributed by atoms with Crippen molar-refractivity contribution in [2.75, 3.05) is 0 Å². The third-order valence-corrected chi connectivity index (χ3v) is 5.14. The first-order valence-corrected chi connectivity index (χ1v) is 11.3. The van der Waals surface area contributed by atoms with Crippen LogP contribution in [0.25, 0.3) is 5.82 Å². The Morgan fingerprint density at radius 3 is 2.35 bits per heavy atom. The first-order valence-electron chi connectivity index (χ1n) is 7.44. The quantitative estimate of drug-likeness (QED) is 0.483. The molecule has 0 aliphatic rings. The Morgan fingerprint density at radius 1 is 1.22 bits per heavy atom. The summed E-state index contributed by atoms with van der Waals surface area (Å²) in [6.07, 6.45) is 1.86. The SMILES string of the molecule is CC(C)(C)OC(=O)c1ccc(-n2ccc([Si](C)(C)C)n2)nc1Cl. The van der Waals surface area contributed by atoms with Gasteiger partial charge in [0.1, 0.15) is 18.8 Å². The summed E-state index contributed by atoms with van der Waals surface area (Å²) in [6.45, 7) is 12.1. The molecule has 23 heavy (non-hydrogen) atoms. The first-order chi connectivity index (χ1) is 10.5. The van der Waals surface area contributed by atoms with Crippen LogP contribution in [0.3, 0.4) is 0 Å². The molecule has 7 heteroatoms. The fraction of sp³-hybridized carbons (Fsp3) is 0.438. The number of aromatic nitrogens is 3. The number of hydrogen-bond donors (Lipinski definition) is 0. The standard InChI is InChI=1S/C16H22ClN3O2Si/c1-16(2,3)22-15(21)11-7-8-12(18-14(11)17)20-10-9-13(19-20)23(4,5)6/h7-10H,1-6H3. The van der Waals surface area contributed by atoms with Crippen molar-refractivity contribution in [2.24, 2.45) is 0 Å². The molecule has 0 N–H and O–H groups in total. The number of carbonyl (C=O) groups is 1. The topological polar surface area (TPSA) is 57.0 Å². The van der Waals surface area contributed by atoms with Crippen molar-refractivity contribution in [3.05, 3.63) is 35.1 Å². The van der Waals surface area contributed by atoms with Crippen LogP contribution in [0, 0.1) is 0 Å². The van der Waals surface area contributed by atoms with Crippen LogP contribution in [0.5, 0.6) is 0 Å². The highest BCUT2D eigenvalue weighted by Gasteiger charge is 2.22. The summed E-state index contributed by atoms with van der Waals surface area (Å²) in [5.74, 6) is 0.0941. The fourth-order valence-electron chi connectivity index (χ4n) is 1.89. The molecule has 0 aliphatic heterocycles. The number of rotatable bonds is 3. The lowest BCUT2D eigenvalue weighted by Gasteiger charge is -2.19. The van der Waals surface area contributed by atoms with E-state index in [1.54, 1.807) is 16.8 Å². The van der Waals surface area contributed by atoms with E-state index in [-0.39, 0.29) is 10.7 Å². The molecule has 2 rings (SSSR count). The highest BCUT2D eigenvalue weighted by Crippen LogP contribution is 2.19. The summed E-state index contributed by atoms with van der Waals surface area (Å²) < 4.78 is 7.00.